The summed E-state index contributed by atoms with van der Waals surface area (Å²) in [6, 6.07) is 14.8. The van der Waals surface area contributed by atoms with Crippen molar-refractivity contribution in [3.63, 3.8) is 0 Å². The van der Waals surface area contributed by atoms with Crippen LogP contribution in [-0.4, -0.2) is 49.2 Å². The van der Waals surface area contributed by atoms with E-state index >= 15 is 0 Å². The Kier molecular flexibility index (Phi) is 7.66. The van der Waals surface area contributed by atoms with E-state index in [1.54, 1.807) is 24.3 Å². The number of hydrogen-bond acceptors (Lipinski definition) is 8. The van der Waals surface area contributed by atoms with E-state index in [1.807, 2.05) is 13.0 Å². The number of benzene rings is 2. The number of sulfonamides is 1. The molecule has 3 aromatic rings. The quantitative estimate of drug-likeness (QED) is 0.232. The number of carbonyl (C=O) groups excluding carboxylic acids is 1. The minimum atomic E-state index is -3.81. The number of aromatic amines is 1. The lowest BCUT2D eigenvalue weighted by Crippen LogP contribution is -2.27. The number of imidazole rings is 1. The lowest BCUT2D eigenvalue weighted by atomic mass is 10.2. The molecule has 1 heterocycles. The van der Waals surface area contributed by atoms with E-state index < -0.39 is 28.4 Å². The van der Waals surface area contributed by atoms with Gasteiger partial charge in [0.15, 0.2) is 11.6 Å². The summed E-state index contributed by atoms with van der Waals surface area (Å²) in [5.74, 6) is -0.527. The third kappa shape index (κ3) is 6.09. The second-order valence-corrected chi connectivity index (χ2v) is 8.52. The number of nitrogens with one attached hydrogen (secondary N) is 2. The second-order valence-electron chi connectivity index (χ2n) is 6.75. The Labute approximate surface area is 190 Å². The molecular formula is C22H22N4O6S. The van der Waals surface area contributed by atoms with Gasteiger partial charge in [0, 0.05) is 6.54 Å². The lowest BCUT2D eigenvalue weighted by molar-refractivity contribution is -0.143. The number of aliphatic hydroxyl groups is 1. The summed E-state index contributed by atoms with van der Waals surface area (Å²) in [5, 5.41) is 19.6. The largest absolute Gasteiger partial charge is 0.507 e. The number of aromatic nitrogens is 2. The van der Waals surface area contributed by atoms with E-state index in [4.69, 9.17) is 9.47 Å². The van der Waals surface area contributed by atoms with Crippen molar-refractivity contribution in [1.82, 2.24) is 14.7 Å². The Morgan fingerprint density at radius 2 is 1.94 bits per heavy atom. The van der Waals surface area contributed by atoms with Crippen LogP contribution in [0.15, 0.2) is 59.2 Å². The van der Waals surface area contributed by atoms with Crippen LogP contribution in [0, 0.1) is 11.3 Å². The second kappa shape index (κ2) is 10.6. The Morgan fingerprint density at radius 1 is 1.21 bits per heavy atom. The van der Waals surface area contributed by atoms with Crippen LogP contribution >= 0.6 is 0 Å². The SMILES string of the molecule is CCOc1ccc(S(=O)(=O)NCCC(=O)OC/C(O)=C(\C#N)c2nc3ccccc3[nH]2)cc1. The number of carbonyl (C=O) groups is 1. The maximum Gasteiger partial charge on any atom is 0.307 e. The predicted octanol–water partition coefficient (Wildman–Crippen LogP) is 2.67. The summed E-state index contributed by atoms with van der Waals surface area (Å²) in [5.41, 5.74) is 1.14. The highest BCUT2D eigenvalue weighted by atomic mass is 32.2. The first-order valence-corrected chi connectivity index (χ1v) is 11.5. The summed E-state index contributed by atoms with van der Waals surface area (Å²) in [4.78, 5) is 19.1. The van der Waals surface area contributed by atoms with E-state index in [0.29, 0.717) is 23.4 Å². The summed E-state index contributed by atoms with van der Waals surface area (Å²) < 4.78 is 37.2. The molecule has 0 atom stereocenters. The highest BCUT2D eigenvalue weighted by Gasteiger charge is 2.17. The lowest BCUT2D eigenvalue weighted by Gasteiger charge is -2.08. The molecule has 0 fully saturated rings. The molecule has 0 unspecified atom stereocenters. The number of H-pyrrole nitrogens is 1. The van der Waals surface area contributed by atoms with Crippen molar-refractivity contribution < 1.29 is 27.8 Å². The van der Waals surface area contributed by atoms with Crippen molar-refractivity contribution in [2.45, 2.75) is 18.2 Å². The first-order chi connectivity index (χ1) is 15.8. The molecule has 3 N–H and O–H groups in total. The van der Waals surface area contributed by atoms with Crippen LogP contribution in [0.4, 0.5) is 0 Å². The van der Waals surface area contributed by atoms with Crippen molar-refractivity contribution in [3.8, 4) is 11.8 Å². The molecule has 33 heavy (non-hydrogen) atoms. The van der Waals surface area contributed by atoms with Gasteiger partial charge in [0.25, 0.3) is 0 Å². The number of nitrogens with zero attached hydrogens (tertiary/aromatic N) is 2. The van der Waals surface area contributed by atoms with Gasteiger partial charge in [-0.3, -0.25) is 4.79 Å². The summed E-state index contributed by atoms with van der Waals surface area (Å²) >= 11 is 0. The van der Waals surface area contributed by atoms with Crippen LogP contribution in [0.25, 0.3) is 16.6 Å². The molecule has 1 aromatic heterocycles. The van der Waals surface area contributed by atoms with Crippen molar-refractivity contribution in [2.24, 2.45) is 0 Å². The number of aliphatic hydroxyl groups excluding tert-OH is 1. The van der Waals surface area contributed by atoms with Gasteiger partial charge in [-0.15, -0.1) is 0 Å². The molecule has 10 nitrogen and oxygen atoms in total. The number of para-hydroxylation sites is 2. The van der Waals surface area contributed by atoms with Crippen molar-refractivity contribution in [2.75, 3.05) is 19.8 Å². The van der Waals surface area contributed by atoms with E-state index in [-0.39, 0.29) is 29.3 Å². The highest BCUT2D eigenvalue weighted by Crippen LogP contribution is 2.19. The highest BCUT2D eigenvalue weighted by molar-refractivity contribution is 7.89. The molecule has 0 aliphatic rings. The minimum absolute atomic E-state index is 0.0318. The molecule has 0 spiro atoms. The van der Waals surface area contributed by atoms with E-state index in [2.05, 4.69) is 14.7 Å². The van der Waals surface area contributed by atoms with E-state index in [0.717, 1.165) is 0 Å². The Hall–Kier alpha value is -3.88. The topological polar surface area (TPSA) is 154 Å². The Morgan fingerprint density at radius 3 is 2.61 bits per heavy atom. The van der Waals surface area contributed by atoms with E-state index in [9.17, 15) is 23.6 Å². The normalized spacial score (nSPS) is 12.1. The average Bonchev–Trinajstić information content (AvgIpc) is 3.22. The fourth-order valence-electron chi connectivity index (χ4n) is 2.87. The number of esters is 1. The predicted molar refractivity (Wildman–Crippen MR) is 120 cm³/mol. The van der Waals surface area contributed by atoms with Crippen LogP contribution < -0.4 is 9.46 Å². The molecule has 0 saturated heterocycles. The van der Waals surface area contributed by atoms with Crippen LogP contribution in [0.5, 0.6) is 5.75 Å². The first kappa shape index (κ1) is 23.8. The van der Waals surface area contributed by atoms with Crippen LogP contribution in [0.3, 0.4) is 0 Å². The smallest absolute Gasteiger partial charge is 0.307 e. The van der Waals surface area contributed by atoms with Crippen LogP contribution in [0.1, 0.15) is 19.2 Å². The molecular weight excluding hydrogens is 448 g/mol. The van der Waals surface area contributed by atoms with Crippen molar-refractivity contribution >= 4 is 32.6 Å². The molecule has 0 radical (unpaired) electrons. The number of ether oxygens (including phenoxy) is 2. The Balaban J connectivity index is 1.53. The van der Waals surface area contributed by atoms with E-state index in [1.165, 1.54) is 24.3 Å². The molecule has 2 aromatic carbocycles. The maximum absolute atomic E-state index is 12.3. The van der Waals surface area contributed by atoms with Gasteiger partial charge >= 0.3 is 5.97 Å². The number of hydrogen-bond donors (Lipinski definition) is 3. The Bertz CT molecular complexity index is 1270. The summed E-state index contributed by atoms with van der Waals surface area (Å²) in [6.07, 6.45) is -0.268. The molecule has 0 aliphatic carbocycles. The van der Waals surface area contributed by atoms with Gasteiger partial charge in [-0.2, -0.15) is 5.26 Å². The molecule has 0 amide bonds. The molecule has 3 rings (SSSR count). The van der Waals surface area contributed by atoms with Gasteiger partial charge in [0.05, 0.1) is 29.0 Å². The van der Waals surface area contributed by atoms with Crippen LogP contribution in [0.2, 0.25) is 0 Å². The van der Waals surface area contributed by atoms with Gasteiger partial charge in [0.2, 0.25) is 10.0 Å². The maximum atomic E-state index is 12.3. The zero-order valence-corrected chi connectivity index (χ0v) is 18.6. The van der Waals surface area contributed by atoms with Crippen molar-refractivity contribution in [1.29, 1.82) is 5.26 Å². The van der Waals surface area contributed by atoms with Crippen molar-refractivity contribution in [3.05, 3.63) is 60.1 Å². The summed E-state index contributed by atoms with van der Waals surface area (Å²) in [6.45, 7) is 1.53. The van der Waals surface area contributed by atoms with Gasteiger partial charge in [0.1, 0.15) is 24.0 Å². The number of allylic oxidation sites excluding steroid dienone is 1. The molecule has 0 aliphatic heterocycles. The molecule has 172 valence electrons. The standard InChI is InChI=1S/C22H22N4O6S/c1-2-31-15-7-9-16(10-8-15)33(29,30)24-12-11-21(28)32-14-20(27)17(13-23)22-25-18-5-3-4-6-19(18)26-22/h3-10,24,27H,2,11-12,14H2,1H3,(H,25,26)/b20-17-. The van der Waals surface area contributed by atoms with Gasteiger partial charge in [-0.05, 0) is 43.3 Å². The zero-order chi connectivity index (χ0) is 23.8. The molecule has 11 heteroatoms. The monoisotopic (exact) mass is 470 g/mol. The van der Waals surface area contributed by atoms with Gasteiger partial charge in [-0.25, -0.2) is 18.1 Å². The molecule has 0 bridgehead atoms. The number of rotatable bonds is 10. The van der Waals surface area contributed by atoms with Gasteiger partial charge < -0.3 is 19.6 Å². The fourth-order valence-corrected chi connectivity index (χ4v) is 3.90. The molecule has 0 saturated carbocycles. The fraction of sp³-hybridized carbons (Fsp3) is 0.227. The minimum Gasteiger partial charge on any atom is -0.507 e. The first-order valence-electron chi connectivity index (χ1n) is 9.99. The third-order valence-corrected chi connectivity index (χ3v) is 5.94. The van der Waals surface area contributed by atoms with Gasteiger partial charge in [-0.1, -0.05) is 12.1 Å². The third-order valence-electron chi connectivity index (χ3n) is 4.46. The number of nitriles is 1. The summed E-state index contributed by atoms with van der Waals surface area (Å²) in [7, 11) is -3.81. The number of fused-ring (bicyclic) bond motifs is 1. The van der Waals surface area contributed by atoms with Crippen LogP contribution in [-0.2, 0) is 19.6 Å². The zero-order valence-electron chi connectivity index (χ0n) is 17.7. The average molecular weight is 471 g/mol.